The summed E-state index contributed by atoms with van der Waals surface area (Å²) in [7, 11) is 1.92. The maximum atomic E-state index is 13.6. The third kappa shape index (κ3) is 3.46. The molecule has 16 heavy (non-hydrogen) atoms. The van der Waals surface area contributed by atoms with Crippen molar-refractivity contribution in [3.8, 4) is 0 Å². The van der Waals surface area contributed by atoms with Crippen LogP contribution >= 0.6 is 11.6 Å². The Bertz CT molecular complexity index is 354. The highest BCUT2D eigenvalue weighted by Gasteiger charge is 2.23. The van der Waals surface area contributed by atoms with Gasteiger partial charge >= 0.3 is 0 Å². The minimum absolute atomic E-state index is 0.0697. The maximum Gasteiger partial charge on any atom is 0.126 e. The van der Waals surface area contributed by atoms with Crippen molar-refractivity contribution in [2.75, 3.05) is 13.6 Å². The van der Waals surface area contributed by atoms with Crippen LogP contribution in [0.5, 0.6) is 0 Å². The number of rotatable bonds is 5. The van der Waals surface area contributed by atoms with E-state index < -0.39 is 0 Å². The van der Waals surface area contributed by atoms with Crippen LogP contribution in [-0.4, -0.2) is 13.6 Å². The van der Waals surface area contributed by atoms with Gasteiger partial charge in [-0.1, -0.05) is 25.4 Å². The minimum atomic E-state index is -0.167. The van der Waals surface area contributed by atoms with Crippen LogP contribution in [0.1, 0.15) is 25.8 Å². The van der Waals surface area contributed by atoms with E-state index in [2.05, 4.69) is 19.2 Å². The summed E-state index contributed by atoms with van der Waals surface area (Å²) in [5.74, 6) is -0.167. The zero-order valence-corrected chi connectivity index (χ0v) is 10.9. The van der Waals surface area contributed by atoms with Crippen LogP contribution in [0.3, 0.4) is 0 Å². The van der Waals surface area contributed by atoms with Gasteiger partial charge in [0.05, 0.1) is 0 Å². The Kier molecular flexibility index (Phi) is 4.75. The van der Waals surface area contributed by atoms with Gasteiger partial charge in [-0.25, -0.2) is 4.39 Å². The molecule has 0 heterocycles. The van der Waals surface area contributed by atoms with E-state index in [4.69, 9.17) is 11.6 Å². The molecule has 0 aliphatic carbocycles. The average molecular weight is 244 g/mol. The highest BCUT2D eigenvalue weighted by molar-refractivity contribution is 6.30. The minimum Gasteiger partial charge on any atom is -0.319 e. The third-order valence-corrected chi connectivity index (χ3v) is 3.32. The molecule has 0 saturated heterocycles. The quantitative estimate of drug-likeness (QED) is 0.832. The lowest BCUT2D eigenvalue weighted by Gasteiger charge is -2.28. The van der Waals surface area contributed by atoms with E-state index in [1.54, 1.807) is 12.1 Å². The van der Waals surface area contributed by atoms with Gasteiger partial charge in [0.15, 0.2) is 0 Å². The van der Waals surface area contributed by atoms with Crippen molar-refractivity contribution in [2.45, 2.75) is 26.7 Å². The first kappa shape index (κ1) is 13.5. The summed E-state index contributed by atoms with van der Waals surface area (Å²) in [5.41, 5.74) is 0.771. The van der Waals surface area contributed by atoms with Gasteiger partial charge in [-0.2, -0.15) is 0 Å². The molecule has 0 radical (unpaired) electrons. The molecule has 0 aliphatic rings. The molecule has 0 amide bonds. The van der Waals surface area contributed by atoms with Gasteiger partial charge in [0.2, 0.25) is 0 Å². The molecule has 1 unspecified atom stereocenters. The van der Waals surface area contributed by atoms with Crippen molar-refractivity contribution in [1.29, 1.82) is 0 Å². The SMILES string of the molecule is CCC(C)(CNC)Cc1cc(Cl)ccc1F. The second-order valence-corrected chi connectivity index (χ2v) is 5.04. The van der Waals surface area contributed by atoms with Crippen molar-refractivity contribution < 1.29 is 4.39 Å². The van der Waals surface area contributed by atoms with E-state index in [0.29, 0.717) is 17.0 Å². The van der Waals surface area contributed by atoms with E-state index in [1.165, 1.54) is 6.07 Å². The number of hydrogen-bond donors (Lipinski definition) is 1. The van der Waals surface area contributed by atoms with E-state index in [0.717, 1.165) is 13.0 Å². The van der Waals surface area contributed by atoms with Gasteiger partial charge in [-0.05, 0) is 49.1 Å². The van der Waals surface area contributed by atoms with Crippen LogP contribution in [0.4, 0.5) is 4.39 Å². The summed E-state index contributed by atoms with van der Waals surface area (Å²) in [6, 6.07) is 4.75. The van der Waals surface area contributed by atoms with E-state index in [9.17, 15) is 4.39 Å². The number of nitrogens with one attached hydrogen (secondary N) is 1. The lowest BCUT2D eigenvalue weighted by Crippen LogP contribution is -2.31. The van der Waals surface area contributed by atoms with Gasteiger partial charge in [0.1, 0.15) is 5.82 Å². The Labute approximate surface area is 102 Å². The molecular formula is C13H19ClFN. The Hall–Kier alpha value is -0.600. The fourth-order valence-corrected chi connectivity index (χ4v) is 2.07. The first-order valence-corrected chi connectivity index (χ1v) is 5.97. The highest BCUT2D eigenvalue weighted by Crippen LogP contribution is 2.28. The van der Waals surface area contributed by atoms with E-state index in [1.807, 2.05) is 7.05 Å². The predicted octanol–water partition coefficient (Wildman–Crippen LogP) is 3.66. The molecule has 0 saturated carbocycles. The Morgan fingerprint density at radius 3 is 2.69 bits per heavy atom. The van der Waals surface area contributed by atoms with Crippen LogP contribution in [0.15, 0.2) is 18.2 Å². The number of benzene rings is 1. The van der Waals surface area contributed by atoms with Crippen LogP contribution in [0.2, 0.25) is 5.02 Å². The van der Waals surface area contributed by atoms with Crippen molar-refractivity contribution in [3.63, 3.8) is 0 Å². The second-order valence-electron chi connectivity index (χ2n) is 4.61. The van der Waals surface area contributed by atoms with Crippen molar-refractivity contribution in [3.05, 3.63) is 34.6 Å². The molecule has 1 nitrogen and oxygen atoms in total. The average Bonchev–Trinajstić information content (AvgIpc) is 2.24. The molecule has 0 bridgehead atoms. The van der Waals surface area contributed by atoms with E-state index in [-0.39, 0.29) is 11.2 Å². The summed E-state index contributed by atoms with van der Waals surface area (Å²) in [5, 5.41) is 3.75. The zero-order valence-electron chi connectivity index (χ0n) is 10.1. The zero-order chi connectivity index (χ0) is 12.2. The van der Waals surface area contributed by atoms with Crippen molar-refractivity contribution in [1.82, 2.24) is 5.32 Å². The molecule has 0 aromatic heterocycles. The molecule has 1 aromatic carbocycles. The first-order valence-electron chi connectivity index (χ1n) is 5.59. The Morgan fingerprint density at radius 1 is 1.44 bits per heavy atom. The van der Waals surface area contributed by atoms with Gasteiger partial charge < -0.3 is 5.32 Å². The molecule has 1 rings (SSSR count). The number of halogens is 2. The lowest BCUT2D eigenvalue weighted by molar-refractivity contribution is 0.295. The number of hydrogen-bond acceptors (Lipinski definition) is 1. The molecule has 0 spiro atoms. The van der Waals surface area contributed by atoms with E-state index >= 15 is 0 Å². The molecule has 0 fully saturated rings. The fourth-order valence-electron chi connectivity index (χ4n) is 1.88. The van der Waals surface area contributed by atoms with Crippen LogP contribution < -0.4 is 5.32 Å². The maximum absolute atomic E-state index is 13.6. The summed E-state index contributed by atoms with van der Waals surface area (Å²) in [6.07, 6.45) is 1.70. The summed E-state index contributed by atoms with van der Waals surface area (Å²) in [6.45, 7) is 5.15. The van der Waals surface area contributed by atoms with Gasteiger partial charge in [0.25, 0.3) is 0 Å². The summed E-state index contributed by atoms with van der Waals surface area (Å²) in [4.78, 5) is 0. The molecule has 1 aromatic rings. The molecule has 0 aliphatic heterocycles. The molecule has 1 N–H and O–H groups in total. The van der Waals surface area contributed by atoms with Gasteiger partial charge in [-0.3, -0.25) is 0 Å². The Balaban J connectivity index is 2.89. The smallest absolute Gasteiger partial charge is 0.126 e. The normalized spacial score (nSPS) is 14.8. The summed E-state index contributed by atoms with van der Waals surface area (Å²) < 4.78 is 13.6. The fraction of sp³-hybridized carbons (Fsp3) is 0.538. The topological polar surface area (TPSA) is 12.0 Å². The van der Waals surface area contributed by atoms with Crippen LogP contribution in [0.25, 0.3) is 0 Å². The highest BCUT2D eigenvalue weighted by atomic mass is 35.5. The monoisotopic (exact) mass is 243 g/mol. The predicted molar refractivity (Wildman–Crippen MR) is 67.4 cm³/mol. The van der Waals surface area contributed by atoms with Crippen LogP contribution in [-0.2, 0) is 6.42 Å². The largest absolute Gasteiger partial charge is 0.319 e. The third-order valence-electron chi connectivity index (χ3n) is 3.08. The van der Waals surface area contributed by atoms with Gasteiger partial charge in [-0.15, -0.1) is 0 Å². The van der Waals surface area contributed by atoms with Crippen LogP contribution in [0, 0.1) is 11.2 Å². The molecule has 1 atom stereocenters. The molecule has 3 heteroatoms. The van der Waals surface area contributed by atoms with Crippen molar-refractivity contribution in [2.24, 2.45) is 5.41 Å². The van der Waals surface area contributed by atoms with Gasteiger partial charge in [0, 0.05) is 11.6 Å². The second kappa shape index (κ2) is 5.65. The standard InChI is InChI=1S/C13H19ClFN/c1-4-13(2,9-16-3)8-10-7-11(14)5-6-12(10)15/h5-7,16H,4,8-9H2,1-3H3. The molecular weight excluding hydrogens is 225 g/mol. The first-order chi connectivity index (χ1) is 7.50. The summed E-state index contributed by atoms with van der Waals surface area (Å²) >= 11 is 5.88. The Morgan fingerprint density at radius 2 is 2.12 bits per heavy atom. The lowest BCUT2D eigenvalue weighted by atomic mass is 9.81. The molecule has 90 valence electrons. The van der Waals surface area contributed by atoms with Crippen molar-refractivity contribution >= 4 is 11.6 Å².